The maximum absolute atomic E-state index is 12.5. The Labute approximate surface area is 90.7 Å². The maximum Gasteiger partial charge on any atom is 0.159 e. The van der Waals surface area contributed by atoms with E-state index in [2.05, 4.69) is 10.3 Å². The van der Waals surface area contributed by atoms with Crippen molar-refractivity contribution in [1.82, 2.24) is 5.32 Å². The number of halogens is 1. The number of thioether (sulfide) groups is 1. The van der Waals surface area contributed by atoms with Gasteiger partial charge in [-0.3, -0.25) is 4.99 Å². The Hall–Kier alpha value is -0.370. The van der Waals surface area contributed by atoms with Crippen molar-refractivity contribution >= 4 is 16.9 Å². The lowest BCUT2D eigenvalue weighted by Crippen LogP contribution is -2.59. The van der Waals surface area contributed by atoms with Gasteiger partial charge in [0.05, 0.1) is 6.04 Å². The van der Waals surface area contributed by atoms with Gasteiger partial charge in [0.15, 0.2) is 5.17 Å². The lowest BCUT2D eigenvalue weighted by Gasteiger charge is -2.37. The summed E-state index contributed by atoms with van der Waals surface area (Å²) in [6.07, 6.45) is -3.18. The zero-order valence-corrected chi connectivity index (χ0v) is 8.95. The summed E-state index contributed by atoms with van der Waals surface area (Å²) < 4.78 is 17.8. The van der Waals surface area contributed by atoms with Gasteiger partial charge in [-0.2, -0.15) is 0 Å². The van der Waals surface area contributed by atoms with E-state index >= 15 is 0 Å². The van der Waals surface area contributed by atoms with E-state index in [9.17, 15) is 14.6 Å². The van der Waals surface area contributed by atoms with Gasteiger partial charge in [-0.05, 0) is 0 Å². The summed E-state index contributed by atoms with van der Waals surface area (Å²) in [5.74, 6) is 0. The van der Waals surface area contributed by atoms with E-state index in [1.54, 1.807) is 7.05 Å². The first kappa shape index (κ1) is 11.1. The van der Waals surface area contributed by atoms with Crippen LogP contribution >= 0.6 is 11.8 Å². The number of nitrogens with zero attached hydrogens (tertiary/aromatic N) is 1. The molecule has 86 valence electrons. The second kappa shape index (κ2) is 4.25. The van der Waals surface area contributed by atoms with Crippen molar-refractivity contribution < 1.29 is 19.3 Å². The van der Waals surface area contributed by atoms with Crippen LogP contribution in [0.25, 0.3) is 0 Å². The summed E-state index contributed by atoms with van der Waals surface area (Å²) in [6.45, 7) is -0.805. The Morgan fingerprint density at radius 1 is 1.53 bits per heavy atom. The quantitative estimate of drug-likeness (QED) is 0.550. The summed E-state index contributed by atoms with van der Waals surface area (Å²) in [6, 6.07) is -0.425. The molecule has 0 aromatic carbocycles. The number of ether oxygens (including phenoxy) is 1. The summed E-state index contributed by atoms with van der Waals surface area (Å²) in [5.41, 5.74) is -0.386. The third kappa shape index (κ3) is 1.84. The minimum absolute atomic E-state index is 0.386. The predicted octanol–water partition coefficient (Wildman–Crippen LogP) is -0.907. The van der Waals surface area contributed by atoms with Gasteiger partial charge in [0.2, 0.25) is 0 Å². The Morgan fingerprint density at radius 2 is 2.27 bits per heavy atom. The Balaban J connectivity index is 2.13. The predicted molar refractivity (Wildman–Crippen MR) is 54.5 cm³/mol. The van der Waals surface area contributed by atoms with Crippen LogP contribution in [0.4, 0.5) is 4.39 Å². The van der Waals surface area contributed by atoms with Crippen LogP contribution in [0.5, 0.6) is 0 Å². The number of rotatable bonds is 1. The molecule has 2 heterocycles. The van der Waals surface area contributed by atoms with Gasteiger partial charge in [0, 0.05) is 7.05 Å². The van der Waals surface area contributed by atoms with Crippen molar-refractivity contribution in [2.45, 2.75) is 29.8 Å². The van der Waals surface area contributed by atoms with Gasteiger partial charge in [0.1, 0.15) is 30.4 Å². The second-order valence-electron chi connectivity index (χ2n) is 3.50. The molecule has 7 heteroatoms. The Bertz CT molecular complexity index is 279. The number of alkyl halides is 1. The molecule has 2 aliphatic rings. The van der Waals surface area contributed by atoms with Crippen molar-refractivity contribution in [1.29, 1.82) is 0 Å². The molecule has 2 saturated heterocycles. The van der Waals surface area contributed by atoms with Gasteiger partial charge in [0.25, 0.3) is 0 Å². The standard InChI is InChI=1S/C8H13FN2O3S/c1-10-8-11-4-6(13)5(12)3(2-9)14-7(4)15-8/h3-7,12-13H,2H2,1H3,(H,10,11). The highest BCUT2D eigenvalue weighted by Crippen LogP contribution is 2.33. The molecule has 5 nitrogen and oxygen atoms in total. The summed E-state index contributed by atoms with van der Waals surface area (Å²) in [5, 5.41) is 22.8. The third-order valence-electron chi connectivity index (χ3n) is 2.57. The molecule has 3 N–H and O–H groups in total. The molecule has 0 spiro atoms. The summed E-state index contributed by atoms with van der Waals surface area (Å²) >= 11 is 1.30. The number of nitrogens with one attached hydrogen (secondary N) is 1. The van der Waals surface area contributed by atoms with Crippen molar-refractivity contribution in [3.05, 3.63) is 0 Å². The van der Waals surface area contributed by atoms with Gasteiger partial charge in [-0.25, -0.2) is 4.39 Å². The number of aliphatic imine (C=N–C) groups is 1. The monoisotopic (exact) mass is 236 g/mol. The van der Waals surface area contributed by atoms with Crippen molar-refractivity contribution in [2.75, 3.05) is 13.7 Å². The van der Waals surface area contributed by atoms with Crippen LogP contribution in [0.2, 0.25) is 0 Å². The lowest BCUT2D eigenvalue weighted by molar-refractivity contribution is -0.160. The molecule has 0 saturated carbocycles. The first-order chi connectivity index (χ1) is 7.17. The van der Waals surface area contributed by atoms with Crippen LogP contribution in [-0.2, 0) is 4.74 Å². The summed E-state index contributed by atoms with van der Waals surface area (Å²) in [4.78, 5) is 3.92. The van der Waals surface area contributed by atoms with Gasteiger partial charge >= 0.3 is 0 Å². The topological polar surface area (TPSA) is 74.1 Å². The number of amidine groups is 1. The molecule has 5 unspecified atom stereocenters. The molecule has 0 aliphatic carbocycles. The SMILES string of the molecule is CN=C1NC2C(OC(CF)C(O)C2O)S1. The average Bonchev–Trinajstić information content (AvgIpc) is 2.66. The minimum atomic E-state index is -1.19. The van der Waals surface area contributed by atoms with Crippen LogP contribution in [0.1, 0.15) is 0 Å². The molecular weight excluding hydrogens is 223 g/mol. The molecule has 0 amide bonds. The molecule has 5 atom stereocenters. The molecule has 2 aliphatic heterocycles. The first-order valence-corrected chi connectivity index (χ1v) is 5.53. The highest BCUT2D eigenvalue weighted by Gasteiger charge is 2.48. The fraction of sp³-hybridized carbons (Fsp3) is 0.875. The molecular formula is C8H13FN2O3S. The van der Waals surface area contributed by atoms with Gasteiger partial charge < -0.3 is 20.3 Å². The molecule has 0 aromatic heterocycles. The van der Waals surface area contributed by atoms with Crippen molar-refractivity contribution in [3.8, 4) is 0 Å². The lowest BCUT2D eigenvalue weighted by atomic mass is 9.99. The van der Waals surface area contributed by atoms with Gasteiger partial charge in [-0.1, -0.05) is 11.8 Å². The van der Waals surface area contributed by atoms with E-state index in [0.29, 0.717) is 5.17 Å². The fourth-order valence-electron chi connectivity index (χ4n) is 1.72. The minimum Gasteiger partial charge on any atom is -0.388 e. The molecule has 2 rings (SSSR count). The zero-order valence-electron chi connectivity index (χ0n) is 8.13. The largest absolute Gasteiger partial charge is 0.388 e. The van der Waals surface area contributed by atoms with Crippen LogP contribution in [-0.4, -0.2) is 58.9 Å². The molecule has 2 fully saturated rings. The Kier molecular flexibility index (Phi) is 3.15. The Morgan fingerprint density at radius 3 is 2.87 bits per heavy atom. The van der Waals surface area contributed by atoms with Crippen LogP contribution < -0.4 is 5.32 Å². The third-order valence-corrected chi connectivity index (χ3v) is 3.73. The van der Waals surface area contributed by atoms with Gasteiger partial charge in [-0.15, -0.1) is 0 Å². The molecule has 0 bridgehead atoms. The van der Waals surface area contributed by atoms with Crippen LogP contribution in [0, 0.1) is 0 Å². The van der Waals surface area contributed by atoms with E-state index in [-0.39, 0.29) is 5.44 Å². The molecule has 15 heavy (non-hydrogen) atoms. The second-order valence-corrected chi connectivity index (χ2v) is 4.58. The number of hydrogen-bond donors (Lipinski definition) is 3. The number of aliphatic hydroxyl groups is 2. The van der Waals surface area contributed by atoms with Crippen molar-refractivity contribution in [2.24, 2.45) is 4.99 Å². The normalized spacial score (nSPS) is 47.7. The van der Waals surface area contributed by atoms with E-state index in [1.165, 1.54) is 11.8 Å². The molecule has 0 aromatic rings. The number of fused-ring (bicyclic) bond motifs is 1. The average molecular weight is 236 g/mol. The number of hydrogen-bond acceptors (Lipinski definition) is 5. The van der Waals surface area contributed by atoms with E-state index < -0.39 is 31.0 Å². The zero-order chi connectivity index (χ0) is 11.0. The van der Waals surface area contributed by atoms with Crippen LogP contribution in [0.15, 0.2) is 4.99 Å². The fourth-order valence-corrected chi connectivity index (χ4v) is 2.82. The first-order valence-electron chi connectivity index (χ1n) is 4.65. The molecule has 0 radical (unpaired) electrons. The number of aliphatic hydroxyl groups excluding tert-OH is 2. The highest BCUT2D eigenvalue weighted by atomic mass is 32.2. The maximum atomic E-state index is 12.5. The highest BCUT2D eigenvalue weighted by molar-refractivity contribution is 8.14. The summed E-state index contributed by atoms with van der Waals surface area (Å²) in [7, 11) is 1.61. The van der Waals surface area contributed by atoms with E-state index in [0.717, 1.165) is 0 Å². The van der Waals surface area contributed by atoms with Crippen LogP contribution in [0.3, 0.4) is 0 Å². The van der Waals surface area contributed by atoms with E-state index in [4.69, 9.17) is 4.74 Å². The van der Waals surface area contributed by atoms with Crippen molar-refractivity contribution in [3.63, 3.8) is 0 Å². The van der Waals surface area contributed by atoms with E-state index in [1.807, 2.05) is 0 Å². The smallest absolute Gasteiger partial charge is 0.159 e.